The van der Waals surface area contributed by atoms with Crippen molar-refractivity contribution in [2.75, 3.05) is 13.7 Å². The topological polar surface area (TPSA) is 131 Å². The molecule has 29 heavy (non-hydrogen) atoms. The number of nitrogens with one attached hydrogen (secondary N) is 2. The Hall–Kier alpha value is -3.43. The summed E-state index contributed by atoms with van der Waals surface area (Å²) in [5, 5.41) is 4.60. The number of carbonyl (C=O) groups excluding carboxylic acids is 5. The third-order valence-corrected chi connectivity index (χ3v) is 5.03. The SMILES string of the molecule is COC(=O)NC(=O)[C@@H](C)OC(=O)CN1C(=O)N[C@@]2(CCCc3ccccc32)C1=O. The van der Waals surface area contributed by atoms with Crippen molar-refractivity contribution in [3.8, 4) is 0 Å². The van der Waals surface area contributed by atoms with Gasteiger partial charge in [0.1, 0.15) is 12.1 Å². The van der Waals surface area contributed by atoms with Crippen LogP contribution in [0.5, 0.6) is 0 Å². The zero-order valence-electron chi connectivity index (χ0n) is 16.0. The zero-order chi connectivity index (χ0) is 21.2. The first kappa shape index (κ1) is 20.3. The summed E-state index contributed by atoms with van der Waals surface area (Å²) in [7, 11) is 1.08. The lowest BCUT2D eigenvalue weighted by Crippen LogP contribution is -2.47. The lowest BCUT2D eigenvalue weighted by atomic mass is 9.76. The molecule has 1 aromatic carbocycles. The Morgan fingerprint density at radius 2 is 2.00 bits per heavy atom. The molecule has 2 atom stereocenters. The van der Waals surface area contributed by atoms with Crippen molar-refractivity contribution in [3.63, 3.8) is 0 Å². The van der Waals surface area contributed by atoms with E-state index in [2.05, 4.69) is 10.1 Å². The smallest absolute Gasteiger partial charge is 0.413 e. The number of hydrogen-bond acceptors (Lipinski definition) is 7. The van der Waals surface area contributed by atoms with Gasteiger partial charge in [-0.05, 0) is 37.3 Å². The van der Waals surface area contributed by atoms with Gasteiger partial charge in [-0.25, -0.2) is 9.59 Å². The first-order valence-electron chi connectivity index (χ1n) is 9.09. The number of esters is 1. The summed E-state index contributed by atoms with van der Waals surface area (Å²) in [6, 6.07) is 6.68. The number of amides is 5. The second-order valence-corrected chi connectivity index (χ2v) is 6.85. The predicted octanol–water partition coefficient (Wildman–Crippen LogP) is 0.584. The number of fused-ring (bicyclic) bond motifs is 2. The van der Waals surface area contributed by atoms with Crippen molar-refractivity contribution >= 4 is 29.9 Å². The van der Waals surface area contributed by atoms with Crippen molar-refractivity contribution in [2.45, 2.75) is 37.8 Å². The molecule has 1 saturated heterocycles. The fraction of sp³-hybridized carbons (Fsp3) is 0.421. The average Bonchev–Trinajstić information content (AvgIpc) is 2.92. The molecule has 3 rings (SSSR count). The van der Waals surface area contributed by atoms with Crippen LogP contribution in [-0.4, -0.2) is 54.6 Å². The lowest BCUT2D eigenvalue weighted by molar-refractivity contribution is -0.156. The van der Waals surface area contributed by atoms with Crippen molar-refractivity contribution in [1.82, 2.24) is 15.5 Å². The van der Waals surface area contributed by atoms with Crippen LogP contribution in [0.15, 0.2) is 24.3 Å². The standard InChI is InChI=1S/C19H21N3O7/c1-11(15(24)20-18(27)28-2)29-14(23)10-22-16(25)19(21-17(22)26)9-5-7-12-6-3-4-8-13(12)19/h3-4,6,8,11H,5,7,9-10H2,1-2H3,(H,21,26)(H,20,24,27)/t11-,19-/m1/s1. The van der Waals surface area contributed by atoms with Gasteiger partial charge in [-0.1, -0.05) is 24.3 Å². The van der Waals surface area contributed by atoms with Gasteiger partial charge in [0.2, 0.25) is 0 Å². The Bertz CT molecular complexity index is 884. The monoisotopic (exact) mass is 403 g/mol. The summed E-state index contributed by atoms with van der Waals surface area (Å²) in [4.78, 5) is 61.3. The van der Waals surface area contributed by atoms with E-state index >= 15 is 0 Å². The van der Waals surface area contributed by atoms with Crippen molar-refractivity contribution < 1.29 is 33.4 Å². The van der Waals surface area contributed by atoms with Crippen LogP contribution in [-0.2, 0) is 35.8 Å². The maximum atomic E-state index is 13.1. The number of aryl methyl sites for hydroxylation is 1. The van der Waals surface area contributed by atoms with Crippen LogP contribution in [0, 0.1) is 0 Å². The van der Waals surface area contributed by atoms with Gasteiger partial charge < -0.3 is 14.8 Å². The minimum absolute atomic E-state index is 0.429. The molecule has 0 aromatic heterocycles. The second kappa shape index (κ2) is 7.90. The van der Waals surface area contributed by atoms with Crippen LogP contribution in [0.2, 0.25) is 0 Å². The molecular formula is C19H21N3O7. The summed E-state index contributed by atoms with van der Waals surface area (Å²) >= 11 is 0. The molecule has 0 saturated carbocycles. The maximum absolute atomic E-state index is 13.1. The third kappa shape index (κ3) is 3.78. The van der Waals surface area contributed by atoms with E-state index in [0.717, 1.165) is 29.6 Å². The minimum Gasteiger partial charge on any atom is -0.453 e. The molecule has 5 amide bonds. The highest BCUT2D eigenvalue weighted by Gasteiger charge is 2.54. The molecular weight excluding hydrogens is 382 g/mol. The molecule has 1 aromatic rings. The number of hydrogen-bond donors (Lipinski definition) is 2. The molecule has 1 heterocycles. The van der Waals surface area contributed by atoms with Crippen LogP contribution >= 0.6 is 0 Å². The highest BCUT2D eigenvalue weighted by molar-refractivity contribution is 6.09. The summed E-state index contributed by atoms with van der Waals surface area (Å²) < 4.78 is 9.22. The molecule has 1 fully saturated rings. The number of rotatable bonds is 4. The molecule has 0 bridgehead atoms. The number of alkyl carbamates (subject to hydrolysis) is 1. The van der Waals surface area contributed by atoms with E-state index in [1.807, 2.05) is 17.4 Å². The Morgan fingerprint density at radius 1 is 1.28 bits per heavy atom. The van der Waals surface area contributed by atoms with Crippen LogP contribution < -0.4 is 10.6 Å². The van der Waals surface area contributed by atoms with Gasteiger partial charge >= 0.3 is 18.1 Å². The molecule has 2 N–H and O–H groups in total. The first-order chi connectivity index (χ1) is 13.8. The molecule has 10 heteroatoms. The Kier molecular flexibility index (Phi) is 5.53. The number of nitrogens with zero attached hydrogens (tertiary/aromatic N) is 1. The van der Waals surface area contributed by atoms with E-state index in [9.17, 15) is 24.0 Å². The maximum Gasteiger partial charge on any atom is 0.413 e. The van der Waals surface area contributed by atoms with Gasteiger partial charge in [-0.3, -0.25) is 24.6 Å². The second-order valence-electron chi connectivity index (χ2n) is 6.85. The largest absolute Gasteiger partial charge is 0.453 e. The Morgan fingerprint density at radius 3 is 2.72 bits per heavy atom. The lowest BCUT2D eigenvalue weighted by Gasteiger charge is -2.33. The van der Waals surface area contributed by atoms with Crippen LogP contribution in [0.3, 0.4) is 0 Å². The fourth-order valence-electron chi connectivity index (χ4n) is 3.63. The highest BCUT2D eigenvalue weighted by Crippen LogP contribution is 2.39. The molecule has 1 aliphatic heterocycles. The highest BCUT2D eigenvalue weighted by atomic mass is 16.6. The normalized spacial score (nSPS) is 21.2. The summed E-state index contributed by atoms with van der Waals surface area (Å²) in [6.45, 7) is 0.603. The van der Waals surface area contributed by atoms with Gasteiger partial charge in [0.15, 0.2) is 6.10 Å². The van der Waals surface area contributed by atoms with Gasteiger partial charge in [0.25, 0.3) is 11.8 Å². The fourth-order valence-corrected chi connectivity index (χ4v) is 3.63. The van der Waals surface area contributed by atoms with Gasteiger partial charge in [0, 0.05) is 0 Å². The van der Waals surface area contributed by atoms with Gasteiger partial charge in [0.05, 0.1) is 7.11 Å². The van der Waals surface area contributed by atoms with Crippen molar-refractivity contribution in [2.24, 2.45) is 0 Å². The summed E-state index contributed by atoms with van der Waals surface area (Å²) in [6.07, 6.45) is -0.364. The molecule has 154 valence electrons. The van der Waals surface area contributed by atoms with Crippen molar-refractivity contribution in [1.29, 1.82) is 0 Å². The molecule has 1 aliphatic carbocycles. The minimum atomic E-state index is -1.31. The van der Waals surface area contributed by atoms with E-state index in [1.165, 1.54) is 6.92 Å². The van der Waals surface area contributed by atoms with Crippen molar-refractivity contribution in [3.05, 3.63) is 35.4 Å². The summed E-state index contributed by atoms with van der Waals surface area (Å²) in [5.74, 6) is -2.37. The van der Waals surface area contributed by atoms with E-state index in [1.54, 1.807) is 12.1 Å². The first-order valence-corrected chi connectivity index (χ1v) is 9.09. The number of urea groups is 1. The van der Waals surface area contributed by atoms with Crippen LogP contribution in [0.1, 0.15) is 30.9 Å². The van der Waals surface area contributed by atoms with Crippen LogP contribution in [0.25, 0.3) is 0 Å². The number of carbonyl (C=O) groups is 5. The average molecular weight is 403 g/mol. The molecule has 1 spiro atoms. The number of benzene rings is 1. The van der Waals surface area contributed by atoms with E-state index in [0.29, 0.717) is 12.8 Å². The number of ether oxygens (including phenoxy) is 2. The zero-order valence-corrected chi connectivity index (χ0v) is 16.0. The van der Waals surface area contributed by atoms with E-state index in [4.69, 9.17) is 4.74 Å². The summed E-state index contributed by atoms with van der Waals surface area (Å²) in [5.41, 5.74) is 0.510. The third-order valence-electron chi connectivity index (χ3n) is 5.03. The Balaban J connectivity index is 1.69. The molecule has 0 radical (unpaired) electrons. The molecule has 0 unspecified atom stereocenters. The number of imide groups is 2. The van der Waals surface area contributed by atoms with Gasteiger partial charge in [-0.2, -0.15) is 0 Å². The van der Waals surface area contributed by atoms with Gasteiger partial charge in [-0.15, -0.1) is 0 Å². The molecule has 2 aliphatic rings. The van der Waals surface area contributed by atoms with Crippen LogP contribution in [0.4, 0.5) is 9.59 Å². The predicted molar refractivity (Wildman–Crippen MR) is 97.4 cm³/mol. The number of methoxy groups -OCH3 is 1. The Labute approximate surface area is 166 Å². The quantitative estimate of drug-likeness (QED) is 0.555. The molecule has 10 nitrogen and oxygen atoms in total. The van der Waals surface area contributed by atoms with E-state index in [-0.39, 0.29) is 0 Å². The van der Waals surface area contributed by atoms with E-state index < -0.39 is 48.1 Å².